The van der Waals surface area contributed by atoms with Crippen molar-refractivity contribution in [1.82, 2.24) is 15.0 Å². The number of fused-ring (bicyclic) bond motifs is 1. The van der Waals surface area contributed by atoms with E-state index in [0.717, 1.165) is 27.8 Å². The van der Waals surface area contributed by atoms with Crippen LogP contribution < -0.4 is 0 Å². The average Bonchev–Trinajstić information content (AvgIpc) is 3.65. The molecule has 0 unspecified atom stereocenters. The second-order valence-electron chi connectivity index (χ2n) is 12.5. The molecule has 240 valence electrons. The Hall–Kier alpha value is -6.49. The largest absolute Gasteiger partial charge is 0.208 e. The van der Waals surface area contributed by atoms with E-state index in [2.05, 4.69) is 127 Å². The first-order valence-corrected chi connectivity index (χ1v) is 17.9. The van der Waals surface area contributed by atoms with Gasteiger partial charge in [-0.05, 0) is 74.7 Å². The van der Waals surface area contributed by atoms with Crippen molar-refractivity contribution in [3.05, 3.63) is 187 Å². The quantitative estimate of drug-likeness (QED) is 0.169. The minimum Gasteiger partial charge on any atom is -0.208 e. The molecule has 0 aliphatic heterocycles. The maximum absolute atomic E-state index is 4.96. The zero-order valence-electron chi connectivity index (χ0n) is 27.6. The number of thiophene rings is 1. The summed E-state index contributed by atoms with van der Waals surface area (Å²) in [7, 11) is 0. The normalized spacial score (nSPS) is 11.1. The molecule has 0 radical (unpaired) electrons. The van der Waals surface area contributed by atoms with Crippen LogP contribution in [-0.2, 0) is 0 Å². The van der Waals surface area contributed by atoms with E-state index in [-0.39, 0.29) is 0 Å². The van der Waals surface area contributed by atoms with Gasteiger partial charge in [0.05, 0.1) is 0 Å². The van der Waals surface area contributed by atoms with Gasteiger partial charge in [-0.25, -0.2) is 15.0 Å². The standard InChI is InChI=1S/C47H31N3S/c1-4-13-32(14-5-1)39-25-26-44-42(30-39)43(31-51-44)40-23-11-21-37(28-40)35-19-10-20-36(27-35)38-22-12-24-41(29-38)47-49-45(33-15-6-2-7-16-33)48-46(50-47)34-17-8-3-9-18-34/h1-31H. The van der Waals surface area contributed by atoms with Crippen LogP contribution in [0, 0.1) is 0 Å². The molecule has 3 nitrogen and oxygen atoms in total. The Labute approximate surface area is 301 Å². The van der Waals surface area contributed by atoms with Crippen LogP contribution in [0.3, 0.4) is 0 Å². The molecule has 0 atom stereocenters. The summed E-state index contributed by atoms with van der Waals surface area (Å²) in [5, 5.41) is 3.57. The van der Waals surface area contributed by atoms with Crippen molar-refractivity contribution in [2.24, 2.45) is 0 Å². The van der Waals surface area contributed by atoms with Crippen LogP contribution in [0.25, 0.3) is 88.8 Å². The Kier molecular flexibility index (Phi) is 8.05. The third-order valence-corrected chi connectivity index (χ3v) is 10.2. The van der Waals surface area contributed by atoms with E-state index >= 15 is 0 Å². The summed E-state index contributed by atoms with van der Waals surface area (Å²) in [4.78, 5) is 14.8. The Morgan fingerprint density at radius 1 is 0.294 bits per heavy atom. The molecular formula is C47H31N3S. The van der Waals surface area contributed by atoms with Crippen LogP contribution in [0.15, 0.2) is 187 Å². The lowest BCUT2D eigenvalue weighted by Gasteiger charge is -2.11. The van der Waals surface area contributed by atoms with Gasteiger partial charge in [-0.15, -0.1) is 11.3 Å². The number of nitrogens with zero attached hydrogens (tertiary/aromatic N) is 3. The monoisotopic (exact) mass is 669 g/mol. The number of benzene rings is 7. The van der Waals surface area contributed by atoms with E-state index in [4.69, 9.17) is 15.0 Å². The van der Waals surface area contributed by atoms with Crippen LogP contribution in [-0.4, -0.2) is 15.0 Å². The van der Waals surface area contributed by atoms with Gasteiger partial charge in [0.2, 0.25) is 0 Å². The summed E-state index contributed by atoms with van der Waals surface area (Å²) in [5.41, 5.74) is 12.4. The topological polar surface area (TPSA) is 38.7 Å². The van der Waals surface area contributed by atoms with Crippen molar-refractivity contribution in [1.29, 1.82) is 0 Å². The lowest BCUT2D eigenvalue weighted by atomic mass is 9.95. The highest BCUT2D eigenvalue weighted by atomic mass is 32.1. The third-order valence-electron chi connectivity index (χ3n) is 9.20. The molecule has 0 saturated carbocycles. The van der Waals surface area contributed by atoms with E-state index in [0.29, 0.717) is 17.5 Å². The minimum absolute atomic E-state index is 0.645. The van der Waals surface area contributed by atoms with Crippen LogP contribution in [0.1, 0.15) is 0 Å². The first-order chi connectivity index (χ1) is 25.2. The summed E-state index contributed by atoms with van der Waals surface area (Å²) >= 11 is 1.80. The third kappa shape index (κ3) is 6.25. The Morgan fingerprint density at radius 2 is 0.686 bits per heavy atom. The molecule has 9 aromatic rings. The smallest absolute Gasteiger partial charge is 0.164 e. The van der Waals surface area contributed by atoms with Gasteiger partial charge in [0.25, 0.3) is 0 Å². The highest BCUT2D eigenvalue weighted by molar-refractivity contribution is 7.17. The average molecular weight is 670 g/mol. The SMILES string of the molecule is c1ccc(-c2ccc3scc(-c4cccc(-c5cccc(-c6cccc(-c7nc(-c8ccccc8)nc(-c8ccccc8)n7)c6)c5)c4)c3c2)cc1. The van der Waals surface area contributed by atoms with Gasteiger partial charge in [-0.1, -0.05) is 152 Å². The molecule has 9 rings (SSSR count). The van der Waals surface area contributed by atoms with E-state index in [1.165, 1.54) is 43.5 Å². The van der Waals surface area contributed by atoms with Crippen molar-refractivity contribution < 1.29 is 0 Å². The van der Waals surface area contributed by atoms with Crippen molar-refractivity contribution >= 4 is 21.4 Å². The van der Waals surface area contributed by atoms with Crippen LogP contribution in [0.2, 0.25) is 0 Å². The number of aromatic nitrogens is 3. The highest BCUT2D eigenvalue weighted by Crippen LogP contribution is 2.38. The van der Waals surface area contributed by atoms with Gasteiger partial charge in [-0.3, -0.25) is 0 Å². The molecule has 4 heteroatoms. The van der Waals surface area contributed by atoms with Crippen LogP contribution >= 0.6 is 11.3 Å². The van der Waals surface area contributed by atoms with Crippen molar-refractivity contribution in [2.75, 3.05) is 0 Å². The molecule has 7 aromatic carbocycles. The molecule has 2 aromatic heterocycles. The predicted octanol–water partition coefficient (Wildman–Crippen LogP) is 12.8. The van der Waals surface area contributed by atoms with Crippen molar-refractivity contribution in [3.8, 4) is 78.7 Å². The lowest BCUT2D eigenvalue weighted by Crippen LogP contribution is -2.00. The van der Waals surface area contributed by atoms with Gasteiger partial charge in [0.15, 0.2) is 17.5 Å². The molecule has 0 saturated heterocycles. The fourth-order valence-corrected chi connectivity index (χ4v) is 7.53. The van der Waals surface area contributed by atoms with Crippen LogP contribution in [0.4, 0.5) is 0 Å². The minimum atomic E-state index is 0.645. The summed E-state index contributed by atoms with van der Waals surface area (Å²) < 4.78 is 1.29. The molecular weight excluding hydrogens is 639 g/mol. The molecule has 0 fully saturated rings. The van der Waals surface area contributed by atoms with Gasteiger partial charge >= 0.3 is 0 Å². The molecule has 0 amide bonds. The number of hydrogen-bond donors (Lipinski definition) is 0. The van der Waals surface area contributed by atoms with Crippen molar-refractivity contribution in [3.63, 3.8) is 0 Å². The Morgan fingerprint density at radius 3 is 1.24 bits per heavy atom. The second-order valence-corrected chi connectivity index (χ2v) is 13.4. The van der Waals surface area contributed by atoms with E-state index in [1.54, 1.807) is 11.3 Å². The summed E-state index contributed by atoms with van der Waals surface area (Å²) in [6, 6.07) is 63.7. The van der Waals surface area contributed by atoms with E-state index < -0.39 is 0 Å². The summed E-state index contributed by atoms with van der Waals surface area (Å²) in [6.07, 6.45) is 0. The zero-order valence-corrected chi connectivity index (χ0v) is 28.5. The summed E-state index contributed by atoms with van der Waals surface area (Å²) in [5.74, 6) is 1.95. The van der Waals surface area contributed by atoms with Crippen LogP contribution in [0.5, 0.6) is 0 Å². The molecule has 2 heterocycles. The first kappa shape index (κ1) is 30.6. The fourth-order valence-electron chi connectivity index (χ4n) is 6.58. The maximum Gasteiger partial charge on any atom is 0.164 e. The van der Waals surface area contributed by atoms with Gasteiger partial charge in [0, 0.05) is 32.3 Å². The first-order valence-electron chi connectivity index (χ1n) is 17.0. The lowest BCUT2D eigenvalue weighted by molar-refractivity contribution is 1.07. The number of rotatable bonds is 7. The van der Waals surface area contributed by atoms with E-state index in [9.17, 15) is 0 Å². The number of hydrogen-bond acceptors (Lipinski definition) is 4. The molecule has 0 aliphatic rings. The highest BCUT2D eigenvalue weighted by Gasteiger charge is 2.14. The fraction of sp³-hybridized carbons (Fsp3) is 0. The summed E-state index contributed by atoms with van der Waals surface area (Å²) in [6.45, 7) is 0. The Bertz CT molecular complexity index is 2570. The Balaban J connectivity index is 1.07. The zero-order chi connectivity index (χ0) is 34.0. The molecule has 0 spiro atoms. The second kappa shape index (κ2) is 13.4. The van der Waals surface area contributed by atoms with Gasteiger partial charge in [0.1, 0.15) is 0 Å². The molecule has 51 heavy (non-hydrogen) atoms. The molecule has 0 aliphatic carbocycles. The predicted molar refractivity (Wildman–Crippen MR) is 213 cm³/mol. The van der Waals surface area contributed by atoms with Gasteiger partial charge < -0.3 is 0 Å². The van der Waals surface area contributed by atoms with Crippen molar-refractivity contribution in [2.45, 2.75) is 0 Å². The molecule has 0 bridgehead atoms. The van der Waals surface area contributed by atoms with Gasteiger partial charge in [-0.2, -0.15) is 0 Å². The molecule has 0 N–H and O–H groups in total. The maximum atomic E-state index is 4.96. The van der Waals surface area contributed by atoms with E-state index in [1.807, 2.05) is 60.7 Å².